The predicted octanol–water partition coefficient (Wildman–Crippen LogP) is 0.509. The molecule has 0 spiro atoms. The first-order valence-electron chi connectivity index (χ1n) is 8.68. The van der Waals surface area contributed by atoms with Gasteiger partial charge >= 0.3 is 5.97 Å². The molecule has 0 aromatic heterocycles. The number of fused-ring (bicyclic) bond motifs is 1. The lowest BCUT2D eigenvalue weighted by atomic mass is 9.78. The minimum absolute atomic E-state index is 0.211. The van der Waals surface area contributed by atoms with Gasteiger partial charge in [0.2, 0.25) is 17.4 Å². The van der Waals surface area contributed by atoms with Crippen LogP contribution in [0.5, 0.6) is 0 Å². The van der Waals surface area contributed by atoms with E-state index in [1.807, 2.05) is 42.8 Å². The summed E-state index contributed by atoms with van der Waals surface area (Å²) in [6, 6.07) is 7.66. The summed E-state index contributed by atoms with van der Waals surface area (Å²) in [5.41, 5.74) is 1.02. The van der Waals surface area contributed by atoms with E-state index in [9.17, 15) is 14.4 Å². The van der Waals surface area contributed by atoms with Gasteiger partial charge < -0.3 is 10.1 Å². The maximum atomic E-state index is 12.9. The highest BCUT2D eigenvalue weighted by molar-refractivity contribution is 7.98. The number of benzene rings is 1. The van der Waals surface area contributed by atoms with Crippen LogP contribution in [-0.4, -0.2) is 54.4 Å². The van der Waals surface area contributed by atoms with Gasteiger partial charge in [0.15, 0.2) is 0 Å². The Morgan fingerprint density at radius 2 is 1.92 bits per heavy atom. The van der Waals surface area contributed by atoms with E-state index in [1.165, 1.54) is 19.1 Å². The second kappa shape index (κ2) is 7.04. The zero-order valence-corrected chi connectivity index (χ0v) is 16.3. The van der Waals surface area contributed by atoms with E-state index in [0.29, 0.717) is 12.2 Å². The number of imide groups is 1. The van der Waals surface area contributed by atoms with Crippen molar-refractivity contribution in [2.45, 2.75) is 24.9 Å². The first kappa shape index (κ1) is 18.9. The van der Waals surface area contributed by atoms with Crippen LogP contribution >= 0.6 is 11.8 Å². The largest absolute Gasteiger partial charge is 0.464 e. The number of carbonyl (C=O) groups is 3. The van der Waals surface area contributed by atoms with Crippen LogP contribution in [0.25, 0.3) is 0 Å². The molecule has 140 valence electrons. The van der Waals surface area contributed by atoms with E-state index in [1.54, 1.807) is 11.8 Å². The molecule has 0 saturated carbocycles. The van der Waals surface area contributed by atoms with Crippen molar-refractivity contribution in [1.82, 2.24) is 4.90 Å². The maximum absolute atomic E-state index is 12.9. The average molecular weight is 377 g/mol. The summed E-state index contributed by atoms with van der Waals surface area (Å²) < 4.78 is 5.10. The van der Waals surface area contributed by atoms with Crippen molar-refractivity contribution in [3.05, 3.63) is 35.4 Å². The summed E-state index contributed by atoms with van der Waals surface area (Å²) in [6.45, 7) is 2.00. The lowest BCUT2D eigenvalue weighted by molar-refractivity contribution is -0.734. The molecule has 26 heavy (non-hydrogen) atoms. The second-order valence-corrected chi connectivity index (χ2v) is 8.10. The Balaban J connectivity index is 2.11. The van der Waals surface area contributed by atoms with Gasteiger partial charge in [-0.2, -0.15) is 11.8 Å². The van der Waals surface area contributed by atoms with E-state index >= 15 is 0 Å². The number of thioether (sulfide) groups is 1. The highest BCUT2D eigenvalue weighted by Crippen LogP contribution is 2.45. The summed E-state index contributed by atoms with van der Waals surface area (Å²) in [5, 5.41) is 1.91. The third-order valence-corrected chi connectivity index (χ3v) is 6.35. The number of hydrogen-bond acceptors (Lipinski definition) is 5. The molecule has 3 rings (SSSR count). The molecule has 6 nitrogen and oxygen atoms in total. The number of amides is 2. The molecule has 2 aliphatic rings. The number of rotatable bonds is 5. The third kappa shape index (κ3) is 2.74. The Kier molecular flexibility index (Phi) is 5.12. The van der Waals surface area contributed by atoms with E-state index in [0.717, 1.165) is 11.1 Å². The van der Waals surface area contributed by atoms with Gasteiger partial charge in [0.1, 0.15) is 17.9 Å². The quantitative estimate of drug-likeness (QED) is 0.597. The van der Waals surface area contributed by atoms with Gasteiger partial charge in [-0.3, -0.25) is 14.5 Å². The minimum Gasteiger partial charge on any atom is -0.464 e. The maximum Gasteiger partial charge on any atom is 0.368 e. The molecule has 0 unspecified atom stereocenters. The van der Waals surface area contributed by atoms with Crippen molar-refractivity contribution >= 4 is 29.5 Å². The Hall–Kier alpha value is -1.86. The van der Waals surface area contributed by atoms with Crippen molar-refractivity contribution in [1.29, 1.82) is 0 Å². The molecule has 2 heterocycles. The predicted molar refractivity (Wildman–Crippen MR) is 98.3 cm³/mol. The Morgan fingerprint density at radius 1 is 1.27 bits per heavy atom. The number of aryl methyl sites for hydroxylation is 1. The van der Waals surface area contributed by atoms with Crippen molar-refractivity contribution in [2.75, 3.05) is 26.2 Å². The number of ether oxygens (including phenoxy) is 1. The Morgan fingerprint density at radius 3 is 2.50 bits per heavy atom. The van der Waals surface area contributed by atoms with Crippen LogP contribution in [0, 0.1) is 18.8 Å². The first-order chi connectivity index (χ1) is 12.4. The highest BCUT2D eigenvalue weighted by Gasteiger charge is 2.71. The fraction of sp³-hybridized carbons (Fsp3) is 0.526. The number of methoxy groups -OCH3 is 1. The molecule has 7 heteroatoms. The molecule has 2 N–H and O–H groups in total. The molecule has 1 aromatic rings. The van der Waals surface area contributed by atoms with Crippen LogP contribution in [-0.2, 0) is 19.1 Å². The highest BCUT2D eigenvalue weighted by atomic mass is 32.2. The summed E-state index contributed by atoms with van der Waals surface area (Å²) in [4.78, 5) is 39.8. The van der Waals surface area contributed by atoms with Crippen molar-refractivity contribution in [2.24, 2.45) is 11.8 Å². The van der Waals surface area contributed by atoms with Crippen LogP contribution in [0.15, 0.2) is 24.3 Å². The summed E-state index contributed by atoms with van der Waals surface area (Å²) in [5.74, 6) is -1.44. The minimum atomic E-state index is -1.06. The molecular formula is C19H25N2O4S+. The fourth-order valence-electron chi connectivity index (χ4n) is 4.36. The number of hydrogen-bond donors (Lipinski definition) is 1. The summed E-state index contributed by atoms with van der Waals surface area (Å²) >= 11 is 1.61. The average Bonchev–Trinajstić information content (AvgIpc) is 3.10. The molecule has 1 aromatic carbocycles. The smallest absolute Gasteiger partial charge is 0.368 e. The molecule has 2 amide bonds. The topological polar surface area (TPSA) is 80.3 Å². The normalized spacial score (nSPS) is 30.6. The summed E-state index contributed by atoms with van der Waals surface area (Å²) in [6.07, 6.45) is 2.44. The van der Waals surface area contributed by atoms with Crippen LogP contribution in [0.3, 0.4) is 0 Å². The molecule has 2 aliphatic heterocycles. The number of carbonyl (C=O) groups excluding carboxylic acids is 3. The fourth-order valence-corrected chi connectivity index (χ4v) is 4.90. The Bertz CT molecular complexity index is 736. The lowest BCUT2D eigenvalue weighted by Crippen LogP contribution is -2.98. The van der Waals surface area contributed by atoms with Gasteiger partial charge in [-0.1, -0.05) is 29.8 Å². The number of nitrogens with two attached hydrogens (primary N) is 1. The van der Waals surface area contributed by atoms with E-state index < -0.39 is 23.3 Å². The lowest BCUT2D eigenvalue weighted by Gasteiger charge is -2.28. The van der Waals surface area contributed by atoms with Gasteiger partial charge in [-0.25, -0.2) is 4.79 Å². The molecular weight excluding hydrogens is 352 g/mol. The van der Waals surface area contributed by atoms with Gasteiger partial charge in [-0.15, -0.1) is 0 Å². The van der Waals surface area contributed by atoms with Gasteiger partial charge in [0, 0.05) is 19.0 Å². The zero-order chi connectivity index (χ0) is 19.1. The van der Waals surface area contributed by atoms with Crippen molar-refractivity contribution < 1.29 is 24.4 Å². The van der Waals surface area contributed by atoms with Crippen molar-refractivity contribution in [3.63, 3.8) is 0 Å². The standard InChI is InChI=1S/C19H24N2O4S/c1-11-5-7-12(8-6-11)15-13-14(17(23)21(2)16(13)22)19(20-15,9-10-26-4)18(24)25-3/h5-8,13-15,20H,9-10H2,1-4H3/p+1/t13-,14-,15+,19-/m0/s1. The number of esters is 1. The van der Waals surface area contributed by atoms with E-state index in [2.05, 4.69) is 0 Å². The zero-order valence-electron chi connectivity index (χ0n) is 15.5. The number of likely N-dealkylation sites (tertiary alicyclic amines) is 1. The van der Waals surface area contributed by atoms with Crippen LogP contribution in [0.1, 0.15) is 23.6 Å². The van der Waals surface area contributed by atoms with Crippen LogP contribution in [0.2, 0.25) is 0 Å². The Labute approximate surface area is 157 Å². The number of quaternary nitrogens is 1. The third-order valence-electron chi connectivity index (χ3n) is 5.74. The van der Waals surface area contributed by atoms with E-state index in [-0.39, 0.29) is 17.9 Å². The SMILES string of the molecule is COC(=O)[C@@]1(CCSC)[NH2+][C@H](c2ccc(C)cc2)[C@H]2C(=O)N(C)C(=O)[C@H]21. The van der Waals surface area contributed by atoms with Gasteiger partial charge in [0.25, 0.3) is 0 Å². The number of nitrogens with zero attached hydrogens (tertiary/aromatic N) is 1. The molecule has 2 fully saturated rings. The van der Waals surface area contributed by atoms with Crippen molar-refractivity contribution in [3.8, 4) is 0 Å². The van der Waals surface area contributed by atoms with Crippen LogP contribution < -0.4 is 5.32 Å². The molecule has 2 saturated heterocycles. The molecule has 0 radical (unpaired) electrons. The summed E-state index contributed by atoms with van der Waals surface area (Å²) in [7, 11) is 2.85. The first-order valence-corrected chi connectivity index (χ1v) is 10.1. The van der Waals surface area contributed by atoms with Crippen LogP contribution in [0.4, 0.5) is 0 Å². The molecule has 4 atom stereocenters. The van der Waals surface area contributed by atoms with E-state index in [4.69, 9.17) is 4.74 Å². The second-order valence-electron chi connectivity index (χ2n) is 7.12. The van der Waals surface area contributed by atoms with Gasteiger partial charge in [-0.05, 0) is 18.9 Å². The van der Waals surface area contributed by atoms with Gasteiger partial charge in [0.05, 0.1) is 7.11 Å². The monoisotopic (exact) mass is 377 g/mol. The molecule has 0 aliphatic carbocycles. The molecule has 0 bridgehead atoms.